The molecule has 2 rings (SSSR count). The van der Waals surface area contributed by atoms with Crippen molar-refractivity contribution in [1.82, 2.24) is 20.2 Å². The van der Waals surface area contributed by atoms with E-state index in [9.17, 15) is 0 Å². The molecule has 1 heterocycles. The Hall–Kier alpha value is -1.52. The third kappa shape index (κ3) is 4.25. The Morgan fingerprint density at radius 1 is 1.45 bits per heavy atom. The second kappa shape index (κ2) is 7.31. The van der Waals surface area contributed by atoms with E-state index in [0.29, 0.717) is 18.5 Å². The van der Waals surface area contributed by atoms with E-state index in [-0.39, 0.29) is 0 Å². The van der Waals surface area contributed by atoms with Crippen LogP contribution >= 0.6 is 0 Å². The van der Waals surface area contributed by atoms with Gasteiger partial charge in [-0.05, 0) is 18.8 Å². The Bertz CT molecular complexity index is 429. The molecule has 0 amide bonds. The van der Waals surface area contributed by atoms with Gasteiger partial charge in [0, 0.05) is 32.0 Å². The zero-order chi connectivity index (χ0) is 14.4. The molecule has 1 fully saturated rings. The quantitative estimate of drug-likeness (QED) is 0.640. The second-order valence-corrected chi connectivity index (χ2v) is 5.94. The molecule has 1 aromatic rings. The van der Waals surface area contributed by atoms with Crippen LogP contribution in [0.2, 0.25) is 0 Å². The van der Waals surface area contributed by atoms with Gasteiger partial charge in [-0.15, -0.1) is 0 Å². The molecule has 20 heavy (non-hydrogen) atoms. The van der Waals surface area contributed by atoms with E-state index in [4.69, 9.17) is 0 Å². The van der Waals surface area contributed by atoms with Gasteiger partial charge in [0.2, 0.25) is 0 Å². The average molecular weight is 277 g/mol. The summed E-state index contributed by atoms with van der Waals surface area (Å²) >= 11 is 0. The van der Waals surface area contributed by atoms with Gasteiger partial charge in [-0.2, -0.15) is 0 Å². The summed E-state index contributed by atoms with van der Waals surface area (Å²) in [6.45, 7) is 6.16. The summed E-state index contributed by atoms with van der Waals surface area (Å²) in [6, 6.07) is 0.580. The van der Waals surface area contributed by atoms with Crippen LogP contribution in [0.4, 0.5) is 0 Å². The molecule has 0 aliphatic heterocycles. The third-order valence-corrected chi connectivity index (χ3v) is 3.70. The molecule has 0 aromatic carbocycles. The maximum Gasteiger partial charge on any atom is 0.191 e. The first-order valence-corrected chi connectivity index (χ1v) is 7.66. The smallest absolute Gasteiger partial charge is 0.191 e. The Balaban J connectivity index is 1.85. The Morgan fingerprint density at radius 3 is 2.85 bits per heavy atom. The normalized spacial score (nSPS) is 16.9. The average Bonchev–Trinajstić information content (AvgIpc) is 3.05. The lowest BCUT2D eigenvalue weighted by Gasteiger charge is -2.17. The first kappa shape index (κ1) is 14.9. The molecule has 0 unspecified atom stereocenters. The van der Waals surface area contributed by atoms with Gasteiger partial charge < -0.3 is 15.2 Å². The number of hydrogen-bond donors (Lipinski definition) is 2. The highest BCUT2D eigenvalue weighted by Crippen LogP contribution is 2.17. The van der Waals surface area contributed by atoms with Crippen molar-refractivity contribution in [3.05, 3.63) is 18.2 Å². The Morgan fingerprint density at radius 2 is 2.20 bits per heavy atom. The minimum absolute atomic E-state index is 0.580. The molecule has 5 nitrogen and oxygen atoms in total. The number of aromatic nitrogens is 2. The monoisotopic (exact) mass is 277 g/mol. The lowest BCUT2D eigenvalue weighted by molar-refractivity contribution is 0.503. The van der Waals surface area contributed by atoms with Crippen LogP contribution in [0.5, 0.6) is 0 Å². The molecule has 1 aliphatic rings. The summed E-state index contributed by atoms with van der Waals surface area (Å²) in [7, 11) is 1.82. The summed E-state index contributed by atoms with van der Waals surface area (Å²) < 4.78 is 2.21. The predicted octanol–water partition coefficient (Wildman–Crippen LogP) is 2.15. The van der Waals surface area contributed by atoms with E-state index in [1.165, 1.54) is 25.7 Å². The Labute approximate surface area is 121 Å². The van der Waals surface area contributed by atoms with Crippen molar-refractivity contribution in [3.8, 4) is 0 Å². The number of nitrogens with zero attached hydrogens (tertiary/aromatic N) is 3. The predicted molar refractivity (Wildman–Crippen MR) is 82.7 cm³/mol. The van der Waals surface area contributed by atoms with Gasteiger partial charge in [0.15, 0.2) is 5.96 Å². The van der Waals surface area contributed by atoms with Crippen LogP contribution in [0.25, 0.3) is 0 Å². The standard InChI is InChI=1S/C15H27N5/c1-12(2)11-20-9-8-17-14(20)10-18-15(16-3)19-13-6-4-5-7-13/h8-9,12-13H,4-7,10-11H2,1-3H3,(H2,16,18,19). The number of guanidine groups is 1. The zero-order valence-electron chi connectivity index (χ0n) is 12.9. The largest absolute Gasteiger partial charge is 0.354 e. The van der Waals surface area contributed by atoms with E-state index in [2.05, 4.69) is 39.0 Å². The van der Waals surface area contributed by atoms with Crippen LogP contribution in [0.15, 0.2) is 17.4 Å². The molecule has 0 saturated heterocycles. The van der Waals surface area contributed by atoms with Gasteiger partial charge in [-0.3, -0.25) is 4.99 Å². The highest BCUT2D eigenvalue weighted by atomic mass is 15.2. The van der Waals surface area contributed by atoms with Crippen molar-refractivity contribution in [3.63, 3.8) is 0 Å². The fourth-order valence-corrected chi connectivity index (χ4v) is 2.69. The highest BCUT2D eigenvalue weighted by Gasteiger charge is 2.16. The third-order valence-electron chi connectivity index (χ3n) is 3.70. The number of aliphatic imine (C=N–C) groups is 1. The van der Waals surface area contributed by atoms with Crippen molar-refractivity contribution in [1.29, 1.82) is 0 Å². The summed E-state index contributed by atoms with van der Waals surface area (Å²) in [5.74, 6) is 2.57. The van der Waals surface area contributed by atoms with Gasteiger partial charge in [-0.25, -0.2) is 4.98 Å². The van der Waals surface area contributed by atoms with E-state index in [1.54, 1.807) is 0 Å². The molecule has 0 atom stereocenters. The molecule has 2 N–H and O–H groups in total. The maximum atomic E-state index is 4.43. The van der Waals surface area contributed by atoms with Crippen LogP contribution in [0.1, 0.15) is 45.4 Å². The Kier molecular flexibility index (Phi) is 5.44. The van der Waals surface area contributed by atoms with Crippen LogP contribution in [0, 0.1) is 5.92 Å². The molecular weight excluding hydrogens is 250 g/mol. The van der Waals surface area contributed by atoms with Crippen molar-refractivity contribution in [2.75, 3.05) is 7.05 Å². The van der Waals surface area contributed by atoms with Gasteiger partial charge in [0.05, 0.1) is 6.54 Å². The second-order valence-electron chi connectivity index (χ2n) is 5.94. The first-order chi connectivity index (χ1) is 9.69. The summed E-state index contributed by atoms with van der Waals surface area (Å²) in [5, 5.41) is 6.86. The molecule has 112 valence electrons. The van der Waals surface area contributed by atoms with Crippen molar-refractivity contribution >= 4 is 5.96 Å². The van der Waals surface area contributed by atoms with Crippen molar-refractivity contribution in [2.45, 2.75) is 58.7 Å². The summed E-state index contributed by atoms with van der Waals surface area (Å²) in [4.78, 5) is 8.72. The minimum atomic E-state index is 0.580. The van der Waals surface area contributed by atoms with Crippen LogP contribution in [-0.2, 0) is 13.1 Å². The van der Waals surface area contributed by atoms with Crippen LogP contribution < -0.4 is 10.6 Å². The van der Waals surface area contributed by atoms with E-state index in [0.717, 1.165) is 18.3 Å². The van der Waals surface area contributed by atoms with Crippen LogP contribution in [-0.4, -0.2) is 28.6 Å². The van der Waals surface area contributed by atoms with E-state index >= 15 is 0 Å². The first-order valence-electron chi connectivity index (χ1n) is 7.66. The van der Waals surface area contributed by atoms with E-state index in [1.807, 2.05) is 19.4 Å². The highest BCUT2D eigenvalue weighted by molar-refractivity contribution is 5.79. The number of imidazole rings is 1. The zero-order valence-corrected chi connectivity index (χ0v) is 12.9. The van der Waals surface area contributed by atoms with E-state index < -0.39 is 0 Å². The minimum Gasteiger partial charge on any atom is -0.354 e. The van der Waals surface area contributed by atoms with Gasteiger partial charge in [-0.1, -0.05) is 26.7 Å². The topological polar surface area (TPSA) is 54.2 Å². The summed E-state index contributed by atoms with van der Waals surface area (Å²) in [5.41, 5.74) is 0. The molecule has 5 heteroatoms. The fourth-order valence-electron chi connectivity index (χ4n) is 2.69. The molecule has 1 saturated carbocycles. The molecule has 1 aliphatic carbocycles. The lowest BCUT2D eigenvalue weighted by atomic mass is 10.2. The summed E-state index contributed by atoms with van der Waals surface area (Å²) in [6.07, 6.45) is 9.07. The van der Waals surface area contributed by atoms with Gasteiger partial charge >= 0.3 is 0 Å². The molecular formula is C15H27N5. The maximum absolute atomic E-state index is 4.43. The van der Waals surface area contributed by atoms with Gasteiger partial charge in [0.1, 0.15) is 5.82 Å². The van der Waals surface area contributed by atoms with Gasteiger partial charge in [0.25, 0.3) is 0 Å². The molecule has 0 spiro atoms. The number of rotatable bonds is 5. The number of hydrogen-bond acceptors (Lipinski definition) is 2. The fraction of sp³-hybridized carbons (Fsp3) is 0.733. The molecule has 0 bridgehead atoms. The lowest BCUT2D eigenvalue weighted by Crippen LogP contribution is -2.42. The number of nitrogens with one attached hydrogen (secondary N) is 2. The van der Waals surface area contributed by atoms with Crippen molar-refractivity contribution in [2.24, 2.45) is 10.9 Å². The van der Waals surface area contributed by atoms with Crippen LogP contribution in [0.3, 0.4) is 0 Å². The molecule has 0 radical (unpaired) electrons. The molecule has 1 aromatic heterocycles. The van der Waals surface area contributed by atoms with Crippen molar-refractivity contribution < 1.29 is 0 Å². The SMILES string of the molecule is CN=C(NCc1nccn1CC(C)C)NC1CCCC1.